The van der Waals surface area contributed by atoms with Gasteiger partial charge in [-0.25, -0.2) is 4.79 Å². The summed E-state index contributed by atoms with van der Waals surface area (Å²) in [5.41, 5.74) is -0.0679. The van der Waals surface area contributed by atoms with Gasteiger partial charge in [0.15, 0.2) is 5.78 Å². The number of imide groups is 1. The van der Waals surface area contributed by atoms with Crippen LogP contribution in [0.15, 0.2) is 72.8 Å². The second-order valence-corrected chi connectivity index (χ2v) is 8.70. The standard InChI is InChI=1S/C25H19Cl2N3O4/c1-25(18-12-11-16(26)13-19(18)27)23(33)30(24(34)29-25)14-21(31)28-20-10-6-5-9-17(20)22(32)15-7-3-2-4-8-15/h2-13H,14H2,1H3,(H,28,31)(H,29,34). The Labute approximate surface area is 205 Å². The zero-order chi connectivity index (χ0) is 24.5. The van der Waals surface area contributed by atoms with E-state index in [1.165, 1.54) is 13.0 Å². The predicted octanol–water partition coefficient (Wildman–Crippen LogP) is 4.63. The molecule has 1 atom stereocenters. The maximum Gasteiger partial charge on any atom is 0.325 e. The number of halogens is 2. The van der Waals surface area contributed by atoms with Crippen LogP contribution in [0, 0.1) is 0 Å². The monoisotopic (exact) mass is 495 g/mol. The van der Waals surface area contributed by atoms with Gasteiger partial charge in [0.05, 0.1) is 5.69 Å². The Bertz CT molecular complexity index is 1310. The highest BCUT2D eigenvalue weighted by molar-refractivity contribution is 6.35. The molecule has 0 aliphatic carbocycles. The van der Waals surface area contributed by atoms with Gasteiger partial charge in [0.2, 0.25) is 5.91 Å². The van der Waals surface area contributed by atoms with Crippen molar-refractivity contribution in [1.29, 1.82) is 0 Å². The van der Waals surface area contributed by atoms with Crippen LogP contribution in [-0.2, 0) is 15.1 Å². The summed E-state index contributed by atoms with van der Waals surface area (Å²) >= 11 is 12.2. The third-order valence-electron chi connectivity index (χ3n) is 5.53. The van der Waals surface area contributed by atoms with Crippen LogP contribution in [0.2, 0.25) is 10.0 Å². The van der Waals surface area contributed by atoms with Crippen LogP contribution in [0.4, 0.5) is 10.5 Å². The fraction of sp³-hybridized carbons (Fsp3) is 0.120. The number of anilines is 1. The summed E-state index contributed by atoms with van der Waals surface area (Å²) in [5.74, 6) is -1.54. The average molecular weight is 496 g/mol. The number of urea groups is 1. The fourth-order valence-electron chi connectivity index (χ4n) is 3.79. The molecule has 0 bridgehead atoms. The molecule has 0 radical (unpaired) electrons. The van der Waals surface area contributed by atoms with Crippen molar-refractivity contribution in [3.8, 4) is 0 Å². The van der Waals surface area contributed by atoms with Crippen molar-refractivity contribution < 1.29 is 19.2 Å². The van der Waals surface area contributed by atoms with Gasteiger partial charge in [0, 0.05) is 26.7 Å². The van der Waals surface area contributed by atoms with Crippen LogP contribution in [0.3, 0.4) is 0 Å². The third kappa shape index (κ3) is 4.40. The minimum absolute atomic E-state index is 0.211. The van der Waals surface area contributed by atoms with E-state index in [0.29, 0.717) is 16.1 Å². The number of carbonyl (C=O) groups excluding carboxylic acids is 4. The van der Waals surface area contributed by atoms with Crippen molar-refractivity contribution in [2.24, 2.45) is 0 Å². The second kappa shape index (κ2) is 9.29. The molecule has 4 rings (SSSR count). The number of carbonyl (C=O) groups is 4. The van der Waals surface area contributed by atoms with Crippen LogP contribution >= 0.6 is 23.2 Å². The number of benzene rings is 3. The van der Waals surface area contributed by atoms with Gasteiger partial charge in [-0.05, 0) is 31.2 Å². The smallest absolute Gasteiger partial charge is 0.324 e. The highest BCUT2D eigenvalue weighted by atomic mass is 35.5. The van der Waals surface area contributed by atoms with Gasteiger partial charge in [-0.15, -0.1) is 0 Å². The van der Waals surface area contributed by atoms with Crippen LogP contribution in [0.5, 0.6) is 0 Å². The number of para-hydroxylation sites is 1. The molecule has 1 aliphatic heterocycles. The molecule has 1 heterocycles. The van der Waals surface area contributed by atoms with Gasteiger partial charge in [0.1, 0.15) is 12.1 Å². The van der Waals surface area contributed by atoms with Crippen molar-refractivity contribution in [2.45, 2.75) is 12.5 Å². The Balaban J connectivity index is 1.53. The summed E-state index contributed by atoms with van der Waals surface area (Å²) in [5, 5.41) is 5.84. The molecule has 4 amide bonds. The van der Waals surface area contributed by atoms with Crippen molar-refractivity contribution in [3.63, 3.8) is 0 Å². The Morgan fingerprint density at radius 2 is 1.65 bits per heavy atom. The van der Waals surface area contributed by atoms with E-state index in [9.17, 15) is 19.2 Å². The quantitative estimate of drug-likeness (QED) is 0.384. The van der Waals surface area contributed by atoms with E-state index in [4.69, 9.17) is 23.2 Å². The average Bonchev–Trinajstić information content (AvgIpc) is 3.03. The van der Waals surface area contributed by atoms with E-state index in [0.717, 1.165) is 4.90 Å². The molecule has 34 heavy (non-hydrogen) atoms. The predicted molar refractivity (Wildman–Crippen MR) is 129 cm³/mol. The molecule has 172 valence electrons. The van der Waals surface area contributed by atoms with Gasteiger partial charge in [-0.2, -0.15) is 0 Å². The number of rotatable bonds is 6. The number of hydrogen-bond donors (Lipinski definition) is 2. The summed E-state index contributed by atoms with van der Waals surface area (Å²) in [6.07, 6.45) is 0. The summed E-state index contributed by atoms with van der Waals surface area (Å²) in [6, 6.07) is 19.0. The minimum Gasteiger partial charge on any atom is -0.324 e. The van der Waals surface area contributed by atoms with Gasteiger partial charge in [0.25, 0.3) is 5.91 Å². The molecule has 7 nitrogen and oxygen atoms in total. The lowest BCUT2D eigenvalue weighted by atomic mass is 9.92. The Hall–Kier alpha value is -3.68. The Morgan fingerprint density at radius 1 is 0.971 bits per heavy atom. The molecule has 9 heteroatoms. The van der Waals surface area contributed by atoms with E-state index in [2.05, 4.69) is 10.6 Å². The lowest BCUT2D eigenvalue weighted by molar-refractivity contribution is -0.133. The van der Waals surface area contributed by atoms with E-state index >= 15 is 0 Å². The van der Waals surface area contributed by atoms with Crippen LogP contribution in [0.25, 0.3) is 0 Å². The zero-order valence-corrected chi connectivity index (χ0v) is 19.5. The number of nitrogens with zero attached hydrogens (tertiary/aromatic N) is 1. The van der Waals surface area contributed by atoms with Crippen LogP contribution in [0.1, 0.15) is 28.4 Å². The molecule has 0 saturated carbocycles. The van der Waals surface area contributed by atoms with Gasteiger partial charge < -0.3 is 10.6 Å². The normalized spacial score (nSPS) is 17.4. The van der Waals surface area contributed by atoms with Crippen LogP contribution < -0.4 is 10.6 Å². The lowest BCUT2D eigenvalue weighted by Gasteiger charge is -2.23. The van der Waals surface area contributed by atoms with Crippen LogP contribution in [-0.4, -0.2) is 35.1 Å². The van der Waals surface area contributed by atoms with Gasteiger partial charge in [-0.1, -0.05) is 71.7 Å². The van der Waals surface area contributed by atoms with Crippen molar-refractivity contribution in [2.75, 3.05) is 11.9 Å². The topological polar surface area (TPSA) is 95.6 Å². The lowest BCUT2D eigenvalue weighted by Crippen LogP contribution is -2.42. The number of hydrogen-bond acceptors (Lipinski definition) is 4. The number of amides is 4. The Kier molecular flexibility index (Phi) is 6.41. The molecule has 2 N–H and O–H groups in total. The van der Waals surface area contributed by atoms with E-state index in [1.54, 1.807) is 66.7 Å². The molecule has 1 saturated heterocycles. The zero-order valence-electron chi connectivity index (χ0n) is 18.0. The SMILES string of the molecule is CC1(c2ccc(Cl)cc2Cl)NC(=O)N(CC(=O)Nc2ccccc2C(=O)c2ccccc2)C1=O. The highest BCUT2D eigenvalue weighted by Gasteiger charge is 2.50. The van der Waals surface area contributed by atoms with Crippen molar-refractivity contribution >= 4 is 52.5 Å². The first-order valence-electron chi connectivity index (χ1n) is 10.3. The van der Waals surface area contributed by atoms with E-state index in [1.807, 2.05) is 0 Å². The maximum atomic E-state index is 13.1. The molecular weight excluding hydrogens is 477 g/mol. The van der Waals surface area contributed by atoms with Gasteiger partial charge in [-0.3, -0.25) is 19.3 Å². The van der Waals surface area contributed by atoms with Gasteiger partial charge >= 0.3 is 6.03 Å². The molecule has 3 aromatic carbocycles. The molecular formula is C25H19Cl2N3O4. The van der Waals surface area contributed by atoms with Crippen molar-refractivity contribution in [3.05, 3.63) is 99.5 Å². The fourth-order valence-corrected chi connectivity index (χ4v) is 4.38. The summed E-state index contributed by atoms with van der Waals surface area (Å²) in [4.78, 5) is 52.2. The molecule has 1 aliphatic rings. The van der Waals surface area contributed by atoms with Crippen molar-refractivity contribution in [1.82, 2.24) is 10.2 Å². The minimum atomic E-state index is -1.46. The first kappa shape index (κ1) is 23.5. The molecule has 0 spiro atoms. The molecule has 3 aromatic rings. The summed E-state index contributed by atoms with van der Waals surface area (Å²) in [7, 11) is 0. The summed E-state index contributed by atoms with van der Waals surface area (Å²) in [6.45, 7) is 0.966. The first-order valence-corrected chi connectivity index (χ1v) is 11.0. The maximum absolute atomic E-state index is 13.1. The van der Waals surface area contributed by atoms with E-state index < -0.39 is 29.9 Å². The first-order chi connectivity index (χ1) is 16.2. The third-order valence-corrected chi connectivity index (χ3v) is 6.08. The number of ketones is 1. The molecule has 1 fully saturated rings. The molecule has 1 unspecified atom stereocenters. The van der Waals surface area contributed by atoms with E-state index in [-0.39, 0.29) is 22.1 Å². The number of nitrogens with one attached hydrogen (secondary N) is 2. The highest BCUT2D eigenvalue weighted by Crippen LogP contribution is 2.35. The Morgan fingerprint density at radius 3 is 2.35 bits per heavy atom. The molecule has 0 aromatic heterocycles. The largest absolute Gasteiger partial charge is 0.325 e. The second-order valence-electron chi connectivity index (χ2n) is 7.86. The summed E-state index contributed by atoms with van der Waals surface area (Å²) < 4.78 is 0.